The van der Waals surface area contributed by atoms with Crippen LogP contribution in [-0.4, -0.2) is 31.6 Å². The van der Waals surface area contributed by atoms with Gasteiger partial charge in [0.25, 0.3) is 0 Å². The molecule has 7 heteroatoms. The molecule has 47 heavy (non-hydrogen) atoms. The smallest absolute Gasteiger partial charge is 0.231 e. The summed E-state index contributed by atoms with van der Waals surface area (Å²) in [5, 5.41) is 2.44. The second-order valence-corrected chi connectivity index (χ2v) is 10.6. The van der Waals surface area contributed by atoms with Crippen LogP contribution in [0.4, 0.5) is 0 Å². The van der Waals surface area contributed by atoms with Gasteiger partial charge >= 0.3 is 0 Å². The number of para-hydroxylation sites is 7. The summed E-state index contributed by atoms with van der Waals surface area (Å²) in [4.78, 5) is 3.12. The van der Waals surface area contributed by atoms with Crippen LogP contribution in [0.1, 0.15) is 12.0 Å². The van der Waals surface area contributed by atoms with Crippen LogP contribution in [0.2, 0.25) is 0 Å². The third-order valence-electron chi connectivity index (χ3n) is 7.37. The molecule has 0 radical (unpaired) electrons. The molecule has 238 valence electrons. The highest BCUT2D eigenvalue weighted by molar-refractivity contribution is 5.78. The van der Waals surface area contributed by atoms with E-state index in [9.17, 15) is 0 Å². The minimum Gasteiger partial charge on any atom is -0.493 e. The number of hydrogen-bond donors (Lipinski definition) is 1. The van der Waals surface area contributed by atoms with Crippen molar-refractivity contribution in [3.05, 3.63) is 151 Å². The van der Waals surface area contributed by atoms with Crippen LogP contribution < -0.4 is 23.7 Å². The lowest BCUT2D eigenvalue weighted by atomic mass is 10.1. The Bertz CT molecular complexity index is 1710. The van der Waals surface area contributed by atoms with E-state index in [-0.39, 0.29) is 0 Å². The fourth-order valence-corrected chi connectivity index (χ4v) is 5.03. The highest BCUT2D eigenvalue weighted by atomic mass is 16.7. The van der Waals surface area contributed by atoms with E-state index in [1.807, 2.05) is 109 Å². The maximum Gasteiger partial charge on any atom is 0.231 e. The van der Waals surface area contributed by atoms with Gasteiger partial charge in [0.15, 0.2) is 23.0 Å². The molecule has 0 spiro atoms. The Morgan fingerprint density at radius 3 is 1.66 bits per heavy atom. The van der Waals surface area contributed by atoms with Crippen molar-refractivity contribution in [2.75, 3.05) is 26.6 Å². The average molecular weight is 628 g/mol. The molecule has 0 atom stereocenters. The molecule has 0 fully saturated rings. The molecule has 0 unspecified atom stereocenters. The predicted molar refractivity (Wildman–Crippen MR) is 185 cm³/mol. The zero-order valence-electron chi connectivity index (χ0n) is 26.0. The Labute approximate surface area is 274 Å². The summed E-state index contributed by atoms with van der Waals surface area (Å²) in [6.45, 7) is 2.57. The summed E-state index contributed by atoms with van der Waals surface area (Å²) in [5.41, 5.74) is 3.52. The van der Waals surface area contributed by atoms with Gasteiger partial charge in [-0.15, -0.1) is 0 Å². The van der Waals surface area contributed by atoms with E-state index in [0.29, 0.717) is 20.0 Å². The molecule has 5 aromatic carbocycles. The molecule has 3 aliphatic rings. The van der Waals surface area contributed by atoms with Crippen molar-refractivity contribution in [1.29, 1.82) is 0 Å². The molecule has 1 N–H and O–H groups in total. The molecular formula is C40H37NO6. The highest BCUT2D eigenvalue weighted by Gasteiger charge is 2.10. The number of aryl methyl sites for hydroxylation is 1. The molecule has 0 saturated carbocycles. The summed E-state index contributed by atoms with van der Waals surface area (Å²) in [6, 6.07) is 43.8. The van der Waals surface area contributed by atoms with Gasteiger partial charge in [-0.25, -0.2) is 0 Å². The van der Waals surface area contributed by atoms with Gasteiger partial charge in [-0.05, 0) is 78.4 Å². The van der Waals surface area contributed by atoms with Gasteiger partial charge in [0, 0.05) is 17.1 Å². The molecular weight excluding hydrogens is 590 g/mol. The van der Waals surface area contributed by atoms with Gasteiger partial charge in [0.2, 0.25) is 6.79 Å². The number of aromatic nitrogens is 1. The summed E-state index contributed by atoms with van der Waals surface area (Å²) in [6.07, 6.45) is 5.99. The van der Waals surface area contributed by atoms with Crippen LogP contribution in [0.25, 0.3) is 21.9 Å². The van der Waals surface area contributed by atoms with E-state index in [1.165, 1.54) is 22.9 Å². The number of H-pyrrole nitrogens is 1. The second kappa shape index (κ2) is 16.5. The van der Waals surface area contributed by atoms with E-state index in [2.05, 4.69) is 35.3 Å². The maximum absolute atomic E-state index is 5.42. The average Bonchev–Trinajstić information content (AvgIpc) is 3.94. The van der Waals surface area contributed by atoms with E-state index in [0.717, 1.165) is 52.7 Å². The molecule has 0 saturated heterocycles. The molecule has 10 rings (SSSR count). The number of rotatable bonds is 0. The minimum absolute atomic E-state index is 0.360. The van der Waals surface area contributed by atoms with Gasteiger partial charge in [-0.3, -0.25) is 0 Å². The number of fused-ring (bicyclic) bond motifs is 5. The number of nitrogens with one attached hydrogen (secondary N) is 1. The first kappa shape index (κ1) is 31.2. The van der Waals surface area contributed by atoms with Gasteiger partial charge in [-0.1, -0.05) is 78.9 Å². The van der Waals surface area contributed by atoms with E-state index < -0.39 is 0 Å². The fourth-order valence-electron chi connectivity index (χ4n) is 5.03. The first-order chi connectivity index (χ1) is 23.3. The third-order valence-corrected chi connectivity index (χ3v) is 7.37. The molecule has 0 aliphatic carbocycles. The lowest BCUT2D eigenvalue weighted by Gasteiger charge is -2.17. The Hall–Kier alpha value is -5.82. The largest absolute Gasteiger partial charge is 0.493 e. The second-order valence-electron chi connectivity index (χ2n) is 10.6. The Kier molecular flexibility index (Phi) is 10.9. The van der Waals surface area contributed by atoms with Crippen molar-refractivity contribution >= 4 is 21.9 Å². The molecule has 3 aliphatic heterocycles. The van der Waals surface area contributed by atoms with Gasteiger partial charge in [0.1, 0.15) is 24.5 Å². The van der Waals surface area contributed by atoms with Crippen molar-refractivity contribution in [3.63, 3.8) is 0 Å². The first-order valence-electron chi connectivity index (χ1n) is 15.7. The minimum atomic E-state index is 0.360. The monoisotopic (exact) mass is 627 g/mol. The van der Waals surface area contributed by atoms with Gasteiger partial charge in [-0.2, -0.15) is 0 Å². The Balaban J connectivity index is 0.000000103. The Morgan fingerprint density at radius 2 is 1.00 bits per heavy atom. The standard InChI is InChI=1S/C9H10O.C8H7N.C8H8O2.C8H6O.C7H6O2/c1-2-6-9-8(4-1)5-3-7-10-9;1-2-4-8-7(3-1)5-6-9-8;1-2-4-8-7(3-1)9-5-6-10-8;1-2-4-8-7(3-1)5-6-9-8;1-2-4-7-6(3-1)8-5-9-7/h1-2,4,6H,3,5,7H2;1-6,9H;1-4H,5-6H2;1-6H;1-4H,5H2. The molecule has 7 aromatic rings. The normalized spacial score (nSPS) is 13.0. The topological polar surface area (TPSA) is 75.1 Å². The van der Waals surface area contributed by atoms with Crippen LogP contribution in [0.5, 0.6) is 28.7 Å². The number of hydrogen-bond acceptors (Lipinski definition) is 6. The van der Waals surface area contributed by atoms with Gasteiger partial charge in [0.05, 0.1) is 12.9 Å². The van der Waals surface area contributed by atoms with Crippen LogP contribution in [0, 0.1) is 0 Å². The summed E-state index contributed by atoms with van der Waals surface area (Å²) in [7, 11) is 0. The van der Waals surface area contributed by atoms with Crippen molar-refractivity contribution in [1.82, 2.24) is 4.98 Å². The number of furan rings is 1. The van der Waals surface area contributed by atoms with Crippen molar-refractivity contribution in [2.24, 2.45) is 0 Å². The fraction of sp³-hybridized carbons (Fsp3) is 0.150. The lowest BCUT2D eigenvalue weighted by Crippen LogP contribution is -2.14. The highest BCUT2D eigenvalue weighted by Crippen LogP contribution is 2.30. The van der Waals surface area contributed by atoms with E-state index in [1.54, 1.807) is 6.26 Å². The van der Waals surface area contributed by atoms with Crippen LogP contribution in [-0.2, 0) is 6.42 Å². The number of aromatic amines is 1. The quantitative estimate of drug-likeness (QED) is 0.181. The molecule has 2 aromatic heterocycles. The molecule has 0 bridgehead atoms. The van der Waals surface area contributed by atoms with Crippen LogP contribution in [0.3, 0.4) is 0 Å². The van der Waals surface area contributed by atoms with E-state index >= 15 is 0 Å². The lowest BCUT2D eigenvalue weighted by molar-refractivity contribution is 0.171. The van der Waals surface area contributed by atoms with Crippen LogP contribution in [0.15, 0.2) is 150 Å². The van der Waals surface area contributed by atoms with Crippen molar-refractivity contribution in [3.8, 4) is 28.7 Å². The van der Waals surface area contributed by atoms with Crippen LogP contribution >= 0.6 is 0 Å². The molecule has 5 heterocycles. The van der Waals surface area contributed by atoms with E-state index in [4.69, 9.17) is 28.1 Å². The maximum atomic E-state index is 5.42. The SMILES string of the molecule is c1ccc2[nH]ccc2c1.c1ccc2c(c1)CCCO2.c1ccc2c(c1)OCCO2.c1ccc2c(c1)OCO2.c1ccc2occc2c1. The Morgan fingerprint density at radius 1 is 0.447 bits per heavy atom. The number of benzene rings is 5. The zero-order valence-corrected chi connectivity index (χ0v) is 26.0. The number of ether oxygens (including phenoxy) is 5. The molecule has 7 nitrogen and oxygen atoms in total. The predicted octanol–water partition coefficient (Wildman–Crippen LogP) is 9.49. The zero-order chi connectivity index (χ0) is 31.9. The molecule has 0 amide bonds. The summed E-state index contributed by atoms with van der Waals surface area (Å²) >= 11 is 0. The first-order valence-corrected chi connectivity index (χ1v) is 15.7. The van der Waals surface area contributed by atoms with Crippen molar-refractivity contribution in [2.45, 2.75) is 12.8 Å². The summed E-state index contributed by atoms with van der Waals surface area (Å²) < 4.78 is 31.3. The van der Waals surface area contributed by atoms with Gasteiger partial charge < -0.3 is 33.1 Å². The third kappa shape index (κ3) is 8.89. The van der Waals surface area contributed by atoms with Crippen molar-refractivity contribution < 1.29 is 28.1 Å². The summed E-state index contributed by atoms with van der Waals surface area (Å²) in [5.74, 6) is 4.48.